The summed E-state index contributed by atoms with van der Waals surface area (Å²) < 4.78 is 5.45. The molecule has 0 aliphatic carbocycles. The smallest absolute Gasteiger partial charge is 0.165 e. The summed E-state index contributed by atoms with van der Waals surface area (Å²) in [5.74, 6) is 0.875. The molecule has 128 valence electrons. The Kier molecular flexibility index (Phi) is 4.23. The number of halogens is 1. The Morgan fingerprint density at radius 2 is 2.29 bits per heavy atom. The van der Waals surface area contributed by atoms with E-state index in [0.29, 0.717) is 11.8 Å². The van der Waals surface area contributed by atoms with E-state index in [9.17, 15) is 5.11 Å². The standard InChI is InChI=1S/C19H22ClNO2S/c1-11(20)7-13-9-14-16-8-12-3-4-17(22)19(23-2)15(12)10-21(16)6-5-18(14)24-13/h3-4,9,11,16,22H,5-8,10H2,1-2H3/t11?,16-/m0/s1. The first kappa shape index (κ1) is 16.2. The predicted octanol–water partition coefficient (Wildman–Crippen LogP) is 4.29. The average molecular weight is 364 g/mol. The Morgan fingerprint density at radius 3 is 3.04 bits per heavy atom. The number of fused-ring (bicyclic) bond motifs is 4. The largest absolute Gasteiger partial charge is 0.504 e. The van der Waals surface area contributed by atoms with Gasteiger partial charge in [-0.05, 0) is 49.4 Å². The Balaban J connectivity index is 1.69. The monoisotopic (exact) mass is 363 g/mol. The summed E-state index contributed by atoms with van der Waals surface area (Å²) in [4.78, 5) is 5.45. The quantitative estimate of drug-likeness (QED) is 0.826. The first-order chi connectivity index (χ1) is 11.6. The van der Waals surface area contributed by atoms with Crippen molar-refractivity contribution in [2.45, 2.75) is 44.1 Å². The van der Waals surface area contributed by atoms with Gasteiger partial charge >= 0.3 is 0 Å². The lowest BCUT2D eigenvalue weighted by molar-refractivity contribution is 0.159. The summed E-state index contributed by atoms with van der Waals surface area (Å²) in [6.07, 6.45) is 3.03. The van der Waals surface area contributed by atoms with Gasteiger partial charge in [-0.3, -0.25) is 4.90 Å². The number of methoxy groups -OCH3 is 1. The average Bonchev–Trinajstić information content (AvgIpc) is 2.95. The van der Waals surface area contributed by atoms with Gasteiger partial charge in [-0.15, -0.1) is 22.9 Å². The number of alkyl halides is 1. The molecule has 0 saturated carbocycles. The van der Waals surface area contributed by atoms with Gasteiger partial charge in [0.15, 0.2) is 11.5 Å². The minimum atomic E-state index is 0.181. The molecule has 5 heteroatoms. The lowest BCUT2D eigenvalue weighted by Gasteiger charge is -2.40. The van der Waals surface area contributed by atoms with E-state index in [1.807, 2.05) is 17.4 Å². The van der Waals surface area contributed by atoms with Crippen LogP contribution in [-0.4, -0.2) is 29.0 Å². The molecule has 0 spiro atoms. The Bertz CT molecular complexity index is 771. The van der Waals surface area contributed by atoms with Crippen LogP contribution in [0.5, 0.6) is 11.5 Å². The molecule has 2 aliphatic heterocycles. The van der Waals surface area contributed by atoms with Crippen LogP contribution < -0.4 is 4.74 Å². The lowest BCUT2D eigenvalue weighted by Crippen LogP contribution is -2.38. The maximum Gasteiger partial charge on any atom is 0.165 e. The van der Waals surface area contributed by atoms with Crippen molar-refractivity contribution in [3.8, 4) is 11.5 Å². The Hall–Kier alpha value is -1.23. The van der Waals surface area contributed by atoms with E-state index in [2.05, 4.69) is 17.9 Å². The van der Waals surface area contributed by atoms with Crippen molar-refractivity contribution in [1.82, 2.24) is 4.90 Å². The first-order valence-corrected chi connectivity index (χ1v) is 9.69. The zero-order valence-corrected chi connectivity index (χ0v) is 15.6. The highest BCUT2D eigenvalue weighted by Crippen LogP contribution is 2.45. The maximum absolute atomic E-state index is 10.1. The molecule has 0 fully saturated rings. The second-order valence-corrected chi connectivity index (χ2v) is 8.74. The zero-order valence-electron chi connectivity index (χ0n) is 14.0. The van der Waals surface area contributed by atoms with Crippen molar-refractivity contribution in [1.29, 1.82) is 0 Å². The topological polar surface area (TPSA) is 32.7 Å². The van der Waals surface area contributed by atoms with Crippen molar-refractivity contribution in [2.24, 2.45) is 0 Å². The highest BCUT2D eigenvalue weighted by atomic mass is 35.5. The van der Waals surface area contributed by atoms with Crippen LogP contribution in [-0.2, 0) is 25.8 Å². The number of hydrogen-bond donors (Lipinski definition) is 1. The number of rotatable bonds is 3. The summed E-state index contributed by atoms with van der Waals surface area (Å²) >= 11 is 8.12. The van der Waals surface area contributed by atoms with E-state index in [4.69, 9.17) is 16.3 Å². The molecule has 0 bridgehead atoms. The third-order valence-electron chi connectivity index (χ3n) is 5.12. The van der Waals surface area contributed by atoms with Gasteiger partial charge in [0.2, 0.25) is 0 Å². The number of phenols is 1. The van der Waals surface area contributed by atoms with Crippen LogP contribution in [0.3, 0.4) is 0 Å². The molecule has 2 atom stereocenters. The van der Waals surface area contributed by atoms with Crippen molar-refractivity contribution in [2.75, 3.05) is 13.7 Å². The molecule has 2 aromatic rings. The van der Waals surface area contributed by atoms with Crippen molar-refractivity contribution >= 4 is 22.9 Å². The Morgan fingerprint density at radius 1 is 1.46 bits per heavy atom. The third-order valence-corrected chi connectivity index (χ3v) is 6.50. The molecular formula is C19H22ClNO2S. The summed E-state index contributed by atoms with van der Waals surface area (Å²) in [6, 6.07) is 6.61. The highest BCUT2D eigenvalue weighted by Gasteiger charge is 2.35. The molecule has 1 N–H and O–H groups in total. The van der Waals surface area contributed by atoms with E-state index >= 15 is 0 Å². The number of ether oxygens (including phenoxy) is 1. The number of hydrogen-bond acceptors (Lipinski definition) is 4. The van der Waals surface area contributed by atoms with E-state index in [1.165, 1.54) is 20.9 Å². The highest BCUT2D eigenvalue weighted by molar-refractivity contribution is 7.12. The van der Waals surface area contributed by atoms with Crippen LogP contribution in [0.2, 0.25) is 0 Å². The minimum Gasteiger partial charge on any atom is -0.504 e. The van der Waals surface area contributed by atoms with Gasteiger partial charge in [0, 0.05) is 39.8 Å². The van der Waals surface area contributed by atoms with Gasteiger partial charge in [-0.1, -0.05) is 6.07 Å². The molecule has 3 nitrogen and oxygen atoms in total. The molecular weight excluding hydrogens is 342 g/mol. The normalized spacial score (nSPS) is 20.9. The number of thiophene rings is 1. The van der Waals surface area contributed by atoms with Gasteiger partial charge in [0.1, 0.15) is 0 Å². The van der Waals surface area contributed by atoms with Gasteiger partial charge in [-0.25, -0.2) is 0 Å². The number of phenolic OH excluding ortho intramolecular Hbond substituents is 1. The van der Waals surface area contributed by atoms with E-state index in [1.54, 1.807) is 13.2 Å². The number of nitrogens with zero attached hydrogens (tertiary/aromatic N) is 1. The lowest BCUT2D eigenvalue weighted by atomic mass is 9.86. The predicted molar refractivity (Wildman–Crippen MR) is 98.6 cm³/mol. The van der Waals surface area contributed by atoms with Crippen molar-refractivity contribution in [3.63, 3.8) is 0 Å². The second-order valence-electron chi connectivity index (χ2n) is 6.77. The second kappa shape index (κ2) is 6.25. The fourth-order valence-electron chi connectivity index (χ4n) is 4.04. The summed E-state index contributed by atoms with van der Waals surface area (Å²) in [7, 11) is 1.63. The Labute approximate surface area is 151 Å². The molecule has 0 saturated heterocycles. The molecule has 24 heavy (non-hydrogen) atoms. The molecule has 2 aliphatic rings. The SMILES string of the molecule is COc1c(O)ccc2c1CN1CCc3sc(CC(C)Cl)cc3[C@@H]1C2. The fourth-order valence-corrected chi connectivity index (χ4v) is 5.64. The summed E-state index contributed by atoms with van der Waals surface area (Å²) in [5.41, 5.74) is 3.91. The molecule has 0 radical (unpaired) electrons. The van der Waals surface area contributed by atoms with Gasteiger partial charge in [0.05, 0.1) is 7.11 Å². The van der Waals surface area contributed by atoms with E-state index in [-0.39, 0.29) is 11.1 Å². The molecule has 1 aromatic carbocycles. The van der Waals surface area contributed by atoms with Crippen LogP contribution in [0.15, 0.2) is 18.2 Å². The van der Waals surface area contributed by atoms with Gasteiger partial charge < -0.3 is 9.84 Å². The first-order valence-electron chi connectivity index (χ1n) is 8.44. The van der Waals surface area contributed by atoms with Crippen LogP contribution in [0.25, 0.3) is 0 Å². The van der Waals surface area contributed by atoms with Crippen LogP contribution in [0, 0.1) is 0 Å². The summed E-state index contributed by atoms with van der Waals surface area (Å²) in [6.45, 7) is 3.96. The summed E-state index contributed by atoms with van der Waals surface area (Å²) in [5, 5.41) is 10.2. The van der Waals surface area contributed by atoms with Crippen LogP contribution in [0.4, 0.5) is 0 Å². The van der Waals surface area contributed by atoms with Gasteiger partial charge in [0.25, 0.3) is 0 Å². The molecule has 3 heterocycles. The van der Waals surface area contributed by atoms with Gasteiger partial charge in [-0.2, -0.15) is 0 Å². The maximum atomic E-state index is 10.1. The fraction of sp³-hybridized carbons (Fsp3) is 0.474. The number of benzene rings is 1. The van der Waals surface area contributed by atoms with Crippen LogP contribution in [0.1, 0.15) is 39.4 Å². The minimum absolute atomic E-state index is 0.181. The molecule has 1 aromatic heterocycles. The molecule has 1 unspecified atom stereocenters. The molecule has 0 amide bonds. The van der Waals surface area contributed by atoms with E-state index < -0.39 is 0 Å². The number of aromatic hydroxyl groups is 1. The third kappa shape index (κ3) is 2.71. The molecule has 4 rings (SSSR count). The van der Waals surface area contributed by atoms with Crippen molar-refractivity contribution in [3.05, 3.63) is 44.6 Å². The zero-order chi connectivity index (χ0) is 16.8. The van der Waals surface area contributed by atoms with Crippen molar-refractivity contribution < 1.29 is 9.84 Å². The van der Waals surface area contributed by atoms with Crippen LogP contribution >= 0.6 is 22.9 Å². The van der Waals surface area contributed by atoms with E-state index in [0.717, 1.165) is 37.9 Å².